The van der Waals surface area contributed by atoms with Gasteiger partial charge in [-0.2, -0.15) is 10.5 Å². The molecule has 0 bridgehead atoms. The van der Waals surface area contributed by atoms with Crippen molar-refractivity contribution in [3.8, 4) is 12.1 Å². The Morgan fingerprint density at radius 3 is 2.56 bits per heavy atom. The topological polar surface area (TPSA) is 115 Å². The van der Waals surface area contributed by atoms with Crippen molar-refractivity contribution >= 4 is 33.9 Å². The van der Waals surface area contributed by atoms with Crippen molar-refractivity contribution in [3.05, 3.63) is 112 Å². The van der Waals surface area contributed by atoms with Gasteiger partial charge in [0.25, 0.3) is 0 Å². The van der Waals surface area contributed by atoms with Gasteiger partial charge in [0.2, 0.25) is 0 Å². The lowest BCUT2D eigenvalue weighted by Gasteiger charge is -2.22. The average Bonchev–Trinajstić information content (AvgIpc) is 3.73. The van der Waals surface area contributed by atoms with E-state index in [0.29, 0.717) is 38.6 Å². The van der Waals surface area contributed by atoms with Gasteiger partial charge in [-0.15, -0.1) is 5.10 Å². The number of nitrogens with one attached hydrogen (secondary N) is 2. The summed E-state index contributed by atoms with van der Waals surface area (Å²) >= 11 is 6.73. The summed E-state index contributed by atoms with van der Waals surface area (Å²) in [6.45, 7) is 0. The molecule has 0 saturated heterocycles. The van der Waals surface area contributed by atoms with Crippen molar-refractivity contribution in [3.63, 3.8) is 0 Å². The Morgan fingerprint density at radius 2 is 1.85 bits per heavy atom. The molecule has 202 valence electrons. The number of hydrogen-bond acceptors (Lipinski definition) is 7. The second kappa shape index (κ2) is 11.2. The van der Waals surface area contributed by atoms with Gasteiger partial charge in [-0.05, 0) is 48.2 Å². The van der Waals surface area contributed by atoms with Crippen molar-refractivity contribution < 1.29 is 5.76 Å². The highest BCUT2D eigenvalue weighted by Crippen LogP contribution is 2.38. The first-order chi connectivity index (χ1) is 20.4. The number of halogens is 2. The summed E-state index contributed by atoms with van der Waals surface area (Å²) < 4.78 is 25.2. The van der Waals surface area contributed by atoms with E-state index in [1.807, 2.05) is 30.3 Å². The highest BCUT2D eigenvalue weighted by molar-refractivity contribution is 6.35. The predicted molar refractivity (Wildman–Crippen MR) is 155 cm³/mol. The van der Waals surface area contributed by atoms with E-state index in [9.17, 15) is 16.3 Å². The van der Waals surface area contributed by atoms with Gasteiger partial charge in [0, 0.05) is 17.3 Å². The van der Waals surface area contributed by atoms with E-state index in [2.05, 4.69) is 38.1 Å². The second-order valence-corrected chi connectivity index (χ2v) is 10.2. The van der Waals surface area contributed by atoms with E-state index in [1.165, 1.54) is 30.5 Å². The van der Waals surface area contributed by atoms with Gasteiger partial charge in [-0.25, -0.2) is 9.07 Å². The number of fused-ring (bicyclic) bond motifs is 1. The molecule has 0 amide bonds. The van der Waals surface area contributed by atoms with Crippen molar-refractivity contribution in [2.75, 3.05) is 10.6 Å². The fourth-order valence-electron chi connectivity index (χ4n) is 4.73. The molecular formula is C31H24ClFN8. The van der Waals surface area contributed by atoms with Crippen molar-refractivity contribution in [2.45, 2.75) is 37.4 Å². The van der Waals surface area contributed by atoms with E-state index in [4.69, 9.17) is 11.6 Å². The van der Waals surface area contributed by atoms with Crippen LogP contribution in [0.5, 0.6) is 0 Å². The Balaban J connectivity index is 1.46. The third kappa shape index (κ3) is 5.54. The monoisotopic (exact) mass is 563 g/mol. The predicted octanol–water partition coefficient (Wildman–Crippen LogP) is 7.09. The molecule has 2 atom stereocenters. The van der Waals surface area contributed by atoms with Crippen LogP contribution < -0.4 is 10.6 Å². The molecule has 1 saturated carbocycles. The lowest BCUT2D eigenvalue weighted by Crippen LogP contribution is -2.14. The lowest BCUT2D eigenvalue weighted by molar-refractivity contribution is 0.610. The quantitative estimate of drug-likeness (QED) is 0.196. The van der Waals surface area contributed by atoms with Gasteiger partial charge in [0.1, 0.15) is 17.6 Å². The van der Waals surface area contributed by atoms with E-state index in [1.54, 1.807) is 23.0 Å². The Labute approximate surface area is 242 Å². The van der Waals surface area contributed by atoms with Crippen molar-refractivity contribution in [1.82, 2.24) is 20.0 Å². The number of nitriles is 2. The van der Waals surface area contributed by atoms with Crippen LogP contribution in [0.3, 0.4) is 0 Å². The summed E-state index contributed by atoms with van der Waals surface area (Å²) in [7, 11) is 0. The average molecular weight is 564 g/mol. The first-order valence-electron chi connectivity index (χ1n) is 13.6. The van der Waals surface area contributed by atoms with E-state index >= 15 is 0 Å². The molecule has 1 aliphatic rings. The van der Waals surface area contributed by atoms with Gasteiger partial charge in [0.05, 0.1) is 59.9 Å². The number of hydrogen-bond donors (Lipinski definition) is 2. The van der Waals surface area contributed by atoms with Crippen LogP contribution in [-0.2, 0) is 0 Å². The van der Waals surface area contributed by atoms with Gasteiger partial charge < -0.3 is 10.6 Å². The largest absolute Gasteiger partial charge is 0.376 e. The Bertz CT molecular complexity index is 1840. The maximum atomic E-state index is 13.9. The molecule has 5 aromatic rings. The first-order valence-corrected chi connectivity index (χ1v) is 13.4. The molecule has 1 fully saturated rings. The molecule has 3 aromatic carbocycles. The van der Waals surface area contributed by atoms with Crippen LogP contribution in [0.4, 0.5) is 15.8 Å². The summed E-state index contributed by atoms with van der Waals surface area (Å²) in [5, 5.41) is 35.5. The molecule has 2 N–H and O–H groups in total. The third-order valence-corrected chi connectivity index (χ3v) is 7.24. The van der Waals surface area contributed by atoms with E-state index in [-0.39, 0.29) is 18.0 Å². The fraction of sp³-hybridized carbons (Fsp3) is 0.194. The number of anilines is 2. The first kappa shape index (κ1) is 25.0. The highest BCUT2D eigenvalue weighted by atomic mass is 35.5. The zero-order valence-electron chi connectivity index (χ0n) is 22.7. The number of nitrogens with zero attached hydrogens (tertiary/aromatic N) is 6. The van der Waals surface area contributed by atoms with Gasteiger partial charge in [-0.3, -0.25) is 4.98 Å². The number of benzene rings is 3. The summed E-state index contributed by atoms with van der Waals surface area (Å²) in [5.41, 5.74) is 3.30. The van der Waals surface area contributed by atoms with Gasteiger partial charge in [-0.1, -0.05) is 59.3 Å². The molecule has 10 heteroatoms. The summed E-state index contributed by atoms with van der Waals surface area (Å²) in [4.78, 5) is 4.43. The fourth-order valence-corrected chi connectivity index (χ4v) is 5.00. The second-order valence-electron chi connectivity index (χ2n) is 9.80. The normalized spacial score (nSPS) is 15.3. The lowest BCUT2D eigenvalue weighted by atomic mass is 10.0. The van der Waals surface area contributed by atoms with E-state index in [0.717, 1.165) is 18.4 Å². The third-order valence-electron chi connectivity index (χ3n) is 6.95. The molecule has 2 heterocycles. The van der Waals surface area contributed by atoms with Gasteiger partial charge in [0.15, 0.2) is 0 Å². The van der Waals surface area contributed by atoms with Crippen molar-refractivity contribution in [2.24, 2.45) is 0 Å². The van der Waals surface area contributed by atoms with Crippen LogP contribution >= 0.6 is 11.6 Å². The van der Waals surface area contributed by atoms with Gasteiger partial charge >= 0.3 is 0 Å². The highest BCUT2D eigenvalue weighted by Gasteiger charge is 2.27. The zero-order chi connectivity index (χ0) is 29.3. The summed E-state index contributed by atoms with van der Waals surface area (Å²) in [5.74, 6) is -0.423. The molecule has 8 nitrogen and oxygen atoms in total. The molecule has 6 rings (SSSR count). The molecule has 1 unspecified atom stereocenters. The van der Waals surface area contributed by atoms with Crippen LogP contribution in [0.1, 0.15) is 61.1 Å². The maximum Gasteiger partial charge on any atom is 0.123 e. The Kier molecular flexibility index (Phi) is 6.86. The molecule has 0 spiro atoms. The molecule has 1 aliphatic carbocycles. The number of pyridine rings is 1. The van der Waals surface area contributed by atoms with Crippen LogP contribution in [-0.4, -0.2) is 20.0 Å². The van der Waals surface area contributed by atoms with Crippen LogP contribution in [0.2, 0.25) is 5.02 Å². The number of rotatable bonds is 9. The van der Waals surface area contributed by atoms with Crippen molar-refractivity contribution in [1.29, 1.82) is 10.5 Å². The van der Waals surface area contributed by atoms with Crippen LogP contribution in [0.25, 0.3) is 10.9 Å². The van der Waals surface area contributed by atoms with Crippen LogP contribution in [0, 0.1) is 28.5 Å². The molecule has 0 radical (unpaired) electrons. The molecule has 0 aliphatic heterocycles. The molecular weight excluding hydrogens is 539 g/mol. The summed E-state index contributed by atoms with van der Waals surface area (Å²) in [6.07, 6.45) is 5.33. The zero-order valence-corrected chi connectivity index (χ0v) is 22.5. The molecule has 2 aromatic heterocycles. The standard InChI is InChI=1S/C31H24ClFN8/c32-26-15-23(37-30(20-6-8-22(33)9-7-20)28-18-41(40-39-28)24-10-11-24)14-25-29(21(16-35)17-36-31(25)26)38-27(12-13-34)19-4-2-1-3-5-19/h1-9,14-15,17-18,24,27,30,37H,10-12H2,(H,36,38)/t27-,30?/m0/s1/i30D. The van der Waals surface area contributed by atoms with Crippen LogP contribution in [0.15, 0.2) is 79.1 Å². The Morgan fingerprint density at radius 1 is 1.07 bits per heavy atom. The smallest absolute Gasteiger partial charge is 0.123 e. The SMILES string of the molecule is [2H]C(Nc1cc(Cl)c2ncc(C#N)c(N[C@@H](CC#N)c3ccccc3)c2c1)(c1ccc(F)cc1)c1cn(C2CC2)nn1. The van der Waals surface area contributed by atoms with E-state index < -0.39 is 17.9 Å². The minimum atomic E-state index is -1.65. The summed E-state index contributed by atoms with van der Waals surface area (Å²) in [6, 6.07) is 21.1. The maximum absolute atomic E-state index is 13.9. The minimum absolute atomic E-state index is 0.154. The Hall–Kier alpha value is -4.99. The molecule has 41 heavy (non-hydrogen) atoms. The number of aromatic nitrogens is 4. The minimum Gasteiger partial charge on any atom is -0.376 e.